The number of pyridine rings is 1. The Morgan fingerprint density at radius 2 is 1.84 bits per heavy atom. The lowest BCUT2D eigenvalue weighted by Crippen LogP contribution is -2.55. The van der Waals surface area contributed by atoms with Crippen LogP contribution < -0.4 is 0 Å². The normalized spacial score (nSPS) is 26.2. The Morgan fingerprint density at radius 1 is 1.03 bits per heavy atom. The van der Waals surface area contributed by atoms with Crippen LogP contribution in [0.1, 0.15) is 22.1 Å². The molecule has 164 valence electrons. The highest BCUT2D eigenvalue weighted by Crippen LogP contribution is 2.35. The van der Waals surface area contributed by atoms with Gasteiger partial charge in [-0.25, -0.2) is 4.98 Å². The van der Waals surface area contributed by atoms with Gasteiger partial charge in [0.1, 0.15) is 30.5 Å². The predicted octanol–water partition coefficient (Wildman–Crippen LogP) is 2.71. The number of aliphatic hydroxyl groups is 4. The fourth-order valence-corrected chi connectivity index (χ4v) is 4.83. The molecule has 0 spiro atoms. The maximum atomic E-state index is 13.1. The zero-order valence-corrected chi connectivity index (χ0v) is 17.8. The molecule has 6 nitrogen and oxygen atoms in total. The fourth-order valence-electron chi connectivity index (χ4n) is 3.62. The predicted molar refractivity (Wildman–Crippen MR) is 114 cm³/mol. The highest BCUT2D eigenvalue weighted by atomic mass is 35.5. The number of halogens is 2. The molecule has 31 heavy (non-hydrogen) atoms. The molecule has 3 heterocycles. The molecular formula is C22H21ClFNO5S. The minimum absolute atomic E-state index is 0.488. The van der Waals surface area contributed by atoms with E-state index in [-0.39, 0.29) is 0 Å². The zero-order valence-electron chi connectivity index (χ0n) is 16.2. The third-order valence-electron chi connectivity index (χ3n) is 5.33. The molecule has 0 radical (unpaired) electrons. The van der Waals surface area contributed by atoms with Crippen LogP contribution in [0.3, 0.4) is 0 Å². The van der Waals surface area contributed by atoms with Crippen LogP contribution in [0, 0.1) is 5.95 Å². The monoisotopic (exact) mass is 465 g/mol. The summed E-state index contributed by atoms with van der Waals surface area (Å²) in [6, 6.07) is 12.0. The number of hydrogen-bond donors (Lipinski definition) is 4. The van der Waals surface area contributed by atoms with Crippen LogP contribution in [0.25, 0.3) is 10.4 Å². The van der Waals surface area contributed by atoms with Crippen molar-refractivity contribution >= 4 is 22.9 Å². The van der Waals surface area contributed by atoms with Gasteiger partial charge in [0.05, 0.1) is 6.61 Å². The van der Waals surface area contributed by atoms with E-state index < -0.39 is 43.1 Å². The molecule has 3 aromatic rings. The minimum Gasteiger partial charge on any atom is -0.394 e. The number of ether oxygens (including phenoxy) is 1. The molecule has 1 aliphatic heterocycles. The summed E-state index contributed by atoms with van der Waals surface area (Å²) in [5, 5.41) is 40.4. The van der Waals surface area contributed by atoms with Gasteiger partial charge in [-0.05, 0) is 41.5 Å². The van der Waals surface area contributed by atoms with E-state index in [1.54, 1.807) is 24.3 Å². The summed E-state index contributed by atoms with van der Waals surface area (Å²) in [5.41, 5.74) is 2.19. The van der Waals surface area contributed by atoms with E-state index in [1.165, 1.54) is 23.6 Å². The summed E-state index contributed by atoms with van der Waals surface area (Å²) >= 11 is 7.92. The molecule has 4 N–H and O–H groups in total. The van der Waals surface area contributed by atoms with Gasteiger partial charge in [0, 0.05) is 33.0 Å². The summed E-state index contributed by atoms with van der Waals surface area (Å²) < 4.78 is 18.7. The first-order valence-corrected chi connectivity index (χ1v) is 10.9. The highest BCUT2D eigenvalue weighted by molar-refractivity contribution is 7.15. The molecule has 1 aromatic carbocycles. The molecule has 0 bridgehead atoms. The van der Waals surface area contributed by atoms with E-state index >= 15 is 0 Å². The van der Waals surface area contributed by atoms with E-state index in [9.17, 15) is 24.8 Å². The molecule has 4 rings (SSSR count). The number of thiophene rings is 1. The van der Waals surface area contributed by atoms with Crippen LogP contribution in [0.2, 0.25) is 5.02 Å². The average Bonchev–Trinajstić information content (AvgIpc) is 3.23. The van der Waals surface area contributed by atoms with Gasteiger partial charge in [-0.2, -0.15) is 4.39 Å². The quantitative estimate of drug-likeness (QED) is 0.432. The van der Waals surface area contributed by atoms with Crippen LogP contribution in [-0.2, 0) is 11.2 Å². The molecular weight excluding hydrogens is 445 g/mol. The van der Waals surface area contributed by atoms with Crippen molar-refractivity contribution in [3.63, 3.8) is 0 Å². The van der Waals surface area contributed by atoms with Crippen LogP contribution in [0.4, 0.5) is 4.39 Å². The van der Waals surface area contributed by atoms with Crippen LogP contribution in [-0.4, -0.2) is 56.4 Å². The van der Waals surface area contributed by atoms with Crippen molar-refractivity contribution in [1.82, 2.24) is 4.98 Å². The molecule has 9 heteroatoms. The third kappa shape index (κ3) is 4.65. The van der Waals surface area contributed by atoms with Gasteiger partial charge in [-0.15, -0.1) is 11.3 Å². The fraction of sp³-hybridized carbons (Fsp3) is 0.318. The minimum atomic E-state index is -1.45. The molecule has 5 atom stereocenters. The van der Waals surface area contributed by atoms with Gasteiger partial charge in [0.15, 0.2) is 0 Å². The Morgan fingerprint density at radius 3 is 2.55 bits per heavy atom. The van der Waals surface area contributed by atoms with Gasteiger partial charge in [-0.3, -0.25) is 0 Å². The van der Waals surface area contributed by atoms with Crippen molar-refractivity contribution in [1.29, 1.82) is 0 Å². The molecule has 0 aliphatic carbocycles. The Hall–Kier alpha value is -1.91. The third-order valence-corrected chi connectivity index (χ3v) is 6.83. The maximum absolute atomic E-state index is 13.1. The first kappa shape index (κ1) is 22.3. The summed E-state index contributed by atoms with van der Waals surface area (Å²) in [4.78, 5) is 5.65. The second-order valence-electron chi connectivity index (χ2n) is 7.41. The number of nitrogens with zero attached hydrogens (tertiary/aromatic N) is 1. The van der Waals surface area contributed by atoms with E-state index in [0.717, 1.165) is 20.9 Å². The molecule has 2 aromatic heterocycles. The van der Waals surface area contributed by atoms with Gasteiger partial charge in [-0.1, -0.05) is 23.7 Å². The van der Waals surface area contributed by atoms with Crippen LogP contribution >= 0.6 is 22.9 Å². The number of rotatable bonds is 5. The largest absolute Gasteiger partial charge is 0.394 e. The Kier molecular flexibility index (Phi) is 6.68. The molecule has 0 saturated carbocycles. The zero-order chi connectivity index (χ0) is 22.1. The van der Waals surface area contributed by atoms with Crippen molar-refractivity contribution in [3.05, 3.63) is 75.6 Å². The number of hydrogen-bond acceptors (Lipinski definition) is 7. The summed E-state index contributed by atoms with van der Waals surface area (Å²) in [6.07, 6.45) is -4.11. The lowest BCUT2D eigenvalue weighted by Gasteiger charge is -2.40. The van der Waals surface area contributed by atoms with Gasteiger partial charge < -0.3 is 25.2 Å². The second kappa shape index (κ2) is 9.30. The van der Waals surface area contributed by atoms with Crippen LogP contribution in [0.15, 0.2) is 48.7 Å². The van der Waals surface area contributed by atoms with Crippen LogP contribution in [0.5, 0.6) is 0 Å². The first-order valence-electron chi connectivity index (χ1n) is 9.67. The average molecular weight is 466 g/mol. The SMILES string of the molecule is OCC1OC(c2ccc(Cl)c(Cc3ccc(-c4ccc(F)nc4)s3)c2)[C@H](O)[C@@H](O)[C@@H]1O. The molecule has 0 amide bonds. The number of benzene rings is 1. The van der Waals surface area contributed by atoms with Crippen molar-refractivity contribution in [2.75, 3.05) is 6.61 Å². The van der Waals surface area contributed by atoms with Crippen molar-refractivity contribution < 1.29 is 29.6 Å². The highest BCUT2D eigenvalue weighted by Gasteiger charge is 2.44. The molecule has 1 fully saturated rings. The topological polar surface area (TPSA) is 103 Å². The van der Waals surface area contributed by atoms with E-state index in [0.29, 0.717) is 17.0 Å². The molecule has 2 unspecified atom stereocenters. The van der Waals surface area contributed by atoms with Gasteiger partial charge >= 0.3 is 0 Å². The van der Waals surface area contributed by atoms with Crippen molar-refractivity contribution in [3.8, 4) is 10.4 Å². The number of aromatic nitrogens is 1. The Balaban J connectivity index is 1.57. The maximum Gasteiger partial charge on any atom is 0.212 e. The van der Waals surface area contributed by atoms with Crippen molar-refractivity contribution in [2.45, 2.75) is 36.9 Å². The second-order valence-corrected chi connectivity index (χ2v) is 8.99. The summed E-state index contributed by atoms with van der Waals surface area (Å²) in [5.74, 6) is -0.530. The molecule has 1 aliphatic rings. The van der Waals surface area contributed by atoms with Crippen molar-refractivity contribution in [2.24, 2.45) is 0 Å². The van der Waals surface area contributed by atoms with E-state index in [4.69, 9.17) is 16.3 Å². The van der Waals surface area contributed by atoms with Gasteiger partial charge in [0.25, 0.3) is 0 Å². The van der Waals surface area contributed by atoms with E-state index in [1.807, 2.05) is 12.1 Å². The lowest BCUT2D eigenvalue weighted by molar-refractivity contribution is -0.231. The smallest absolute Gasteiger partial charge is 0.212 e. The summed E-state index contributed by atoms with van der Waals surface area (Å²) in [6.45, 7) is -0.488. The van der Waals surface area contributed by atoms with E-state index in [2.05, 4.69) is 4.98 Å². The molecule has 1 saturated heterocycles. The Labute approximate surface area is 187 Å². The van der Waals surface area contributed by atoms with Gasteiger partial charge in [0.2, 0.25) is 5.95 Å². The number of aliphatic hydroxyl groups excluding tert-OH is 4. The standard InChI is InChI=1S/C22H21ClFNO5S/c23-15-4-1-11(22-21(29)20(28)19(27)16(10-26)30-22)7-13(15)8-14-3-5-17(31-14)12-2-6-18(24)25-9-12/h1-7,9,16,19-22,26-29H,8,10H2/t16?,19-,20+,21-,22?/m1/s1. The summed E-state index contributed by atoms with van der Waals surface area (Å²) in [7, 11) is 0. The first-order chi connectivity index (χ1) is 14.9. The Bertz CT molecular complexity index is 1040. The lowest BCUT2D eigenvalue weighted by atomic mass is 9.90.